The first-order valence-corrected chi connectivity index (χ1v) is 8.57. The van der Waals surface area contributed by atoms with Gasteiger partial charge in [-0.05, 0) is 84.5 Å². The van der Waals surface area contributed by atoms with Crippen molar-refractivity contribution in [3.05, 3.63) is 64.7 Å². The Morgan fingerprint density at radius 1 is 0.966 bits per heavy atom. The Labute approximate surface area is 189 Å². The second-order valence-electron chi connectivity index (χ2n) is 6.15. The van der Waals surface area contributed by atoms with E-state index in [1.807, 2.05) is 32.1 Å². The number of Topliss-reactive ketones (excluding diaryl/α,β-unsaturated/α-hetero) is 2. The van der Waals surface area contributed by atoms with Gasteiger partial charge in [0.1, 0.15) is 11.6 Å². The summed E-state index contributed by atoms with van der Waals surface area (Å²) in [5.41, 5.74) is 0. The third-order valence-corrected chi connectivity index (χ3v) is 4.42. The average Bonchev–Trinajstić information content (AvgIpc) is 3.30. The molecule has 2 saturated carbocycles. The number of carbonyl (C=O) groups excluding carboxylic acids is 3. The fourth-order valence-corrected chi connectivity index (χ4v) is 3.01. The normalized spacial score (nSPS) is 22.0. The van der Waals surface area contributed by atoms with E-state index in [4.69, 9.17) is 9.30 Å². The number of esters is 1. The molecule has 0 spiro atoms. The first-order valence-electron chi connectivity index (χ1n) is 8.57. The molecule has 0 unspecified atom stereocenters. The Hall–Kier alpha value is -1.02. The number of hydrogen-bond acceptors (Lipinski definition) is 4. The van der Waals surface area contributed by atoms with Crippen molar-refractivity contribution >= 4 is 17.5 Å². The maximum absolute atomic E-state index is 11.7. The number of hydrogen-bond donors (Lipinski definition) is 0. The van der Waals surface area contributed by atoms with Crippen LogP contribution in [-0.2, 0) is 49.5 Å². The molecule has 2 fully saturated rings. The van der Waals surface area contributed by atoms with Gasteiger partial charge in [0.05, 0.1) is 13.0 Å². The van der Waals surface area contributed by atoms with Crippen LogP contribution in [0.4, 0.5) is 0 Å². The van der Waals surface area contributed by atoms with Gasteiger partial charge in [-0.3, -0.25) is 14.4 Å². The van der Waals surface area contributed by atoms with Gasteiger partial charge in [-0.25, -0.2) is 0 Å². The van der Waals surface area contributed by atoms with E-state index in [0.29, 0.717) is 6.42 Å². The van der Waals surface area contributed by atoms with E-state index in [9.17, 15) is 14.4 Å². The molecule has 2 aliphatic rings. The fraction of sp³-hybridized carbons (Fsp3) is 0.409. The number of rotatable bonds is 5. The van der Waals surface area contributed by atoms with Crippen molar-refractivity contribution in [1.82, 2.24) is 0 Å². The molecule has 0 heterocycles. The number of ketones is 2. The monoisotopic (exact) mass is 570 g/mol. The molecule has 0 aliphatic heterocycles. The van der Waals surface area contributed by atoms with Gasteiger partial charge in [0, 0.05) is 32.9 Å². The van der Waals surface area contributed by atoms with Crippen molar-refractivity contribution in [1.29, 1.82) is 0 Å². The summed E-state index contributed by atoms with van der Waals surface area (Å²) >= 11 is 0. The first-order chi connectivity index (χ1) is 13.4. The van der Waals surface area contributed by atoms with Crippen LogP contribution in [0.25, 0.3) is 0 Å². The molecule has 3 atom stereocenters. The Balaban J connectivity index is -0.000000567. The Kier molecular flexibility index (Phi) is 22.8. The molecule has 2 rings (SSSR count). The molecule has 156 valence electrons. The van der Waals surface area contributed by atoms with Crippen LogP contribution in [-0.4, -0.2) is 24.6 Å². The summed E-state index contributed by atoms with van der Waals surface area (Å²) in [4.78, 5) is 34.5. The summed E-state index contributed by atoms with van der Waals surface area (Å²) in [6, 6.07) is 0. The van der Waals surface area contributed by atoms with Crippen molar-refractivity contribution in [2.45, 2.75) is 33.1 Å². The summed E-state index contributed by atoms with van der Waals surface area (Å²) < 4.78 is 19.6. The topological polar surface area (TPSA) is 100 Å². The third kappa shape index (κ3) is 13.8. The van der Waals surface area contributed by atoms with Crippen molar-refractivity contribution in [3.63, 3.8) is 0 Å². The van der Waals surface area contributed by atoms with E-state index < -0.39 is 5.97 Å². The van der Waals surface area contributed by atoms with Crippen LogP contribution in [0, 0.1) is 82.4 Å². The van der Waals surface area contributed by atoms with Crippen molar-refractivity contribution in [3.8, 4) is 0 Å². The molecule has 8 radical (unpaired) electrons. The van der Waals surface area contributed by atoms with Gasteiger partial charge in [-0.2, -0.15) is 0 Å². The zero-order valence-corrected chi connectivity index (χ0v) is 19.8. The number of methoxy groups -OCH3 is 1. The molecule has 0 aromatic rings. The number of carbonyl (C=O) groups is 3. The second kappa shape index (κ2) is 20.3. The molecule has 6 nitrogen and oxygen atoms in total. The van der Waals surface area contributed by atoms with Gasteiger partial charge in [0.25, 0.3) is 0 Å². The molecule has 0 amide bonds. The Bertz CT molecular complexity index is 496. The maximum Gasteiger partial charge on any atom is 0.313 e. The summed E-state index contributed by atoms with van der Waals surface area (Å²) in [5.74, 6) is -0.272. The Morgan fingerprint density at radius 2 is 1.41 bits per heavy atom. The van der Waals surface area contributed by atoms with E-state index >= 15 is 0 Å². The molecule has 0 N–H and O–H groups in total. The predicted molar refractivity (Wildman–Crippen MR) is 100.0 cm³/mol. The third-order valence-electron chi connectivity index (χ3n) is 4.42. The molecule has 0 aromatic carbocycles. The van der Waals surface area contributed by atoms with Crippen LogP contribution < -0.4 is 0 Å². The summed E-state index contributed by atoms with van der Waals surface area (Å²) in [6.45, 7) is 15.8. The van der Waals surface area contributed by atoms with E-state index in [0.717, 1.165) is 12.8 Å². The molecule has 0 bridgehead atoms. The summed E-state index contributed by atoms with van der Waals surface area (Å²) in [6.07, 6.45) is 13.8. The summed E-state index contributed by atoms with van der Waals surface area (Å²) in [7, 11) is 1.30. The van der Waals surface area contributed by atoms with E-state index in [1.54, 1.807) is 13.3 Å². The van der Waals surface area contributed by atoms with Crippen LogP contribution >= 0.6 is 0 Å². The zero-order chi connectivity index (χ0) is 22.1. The summed E-state index contributed by atoms with van der Waals surface area (Å²) in [5, 5.41) is 0. The second-order valence-corrected chi connectivity index (χ2v) is 6.15. The number of ether oxygens (including phenoxy) is 1. The van der Waals surface area contributed by atoms with Gasteiger partial charge < -0.3 is 4.74 Å². The van der Waals surface area contributed by atoms with Crippen molar-refractivity contribution in [2.24, 2.45) is 17.8 Å². The van der Waals surface area contributed by atoms with E-state index in [2.05, 4.69) is 25.0 Å². The van der Waals surface area contributed by atoms with Gasteiger partial charge in [0.15, 0.2) is 0 Å². The van der Waals surface area contributed by atoms with Crippen LogP contribution in [0.15, 0.2) is 0 Å². The minimum Gasteiger partial charge on any atom is -0.469 e. The standard InChI is InChI=1S/C15H21O4.C5H5.2CO.W/c1-9(15(18)19-4)7-13-6-5-12(10(2)16)8-14(13)11(3)17;1-2-4-5-3-1;2*1-2;/h7,12-14H,1,5-6,8H2,2-4H3;1-5H;;;/t12-,13-,14+;;;;/m1..../s1. The predicted octanol–water partition coefficient (Wildman–Crippen LogP) is 2.93. The molecule has 2 aliphatic carbocycles. The minimum absolute atomic E-state index is 0. The first kappa shape index (κ1) is 32.6. The molecule has 0 aromatic heterocycles. The van der Waals surface area contributed by atoms with Crippen LogP contribution in [0.2, 0.25) is 0 Å². The molecular formula is C22H26O6W. The van der Waals surface area contributed by atoms with Crippen LogP contribution in [0.5, 0.6) is 0 Å². The van der Waals surface area contributed by atoms with E-state index in [1.165, 1.54) is 14.0 Å². The largest absolute Gasteiger partial charge is 0.469 e. The SMILES string of the molecule is [C-]#[O+].[C-]#[O+].[CH2][C]([CH][C@H]1CC[C@@H](C(C)=O)C[C@H]1C(C)=O)C(=O)OC.[CH]1[CH][CH][CH][CH]1.[W]. The van der Waals surface area contributed by atoms with Gasteiger partial charge in [-0.15, -0.1) is 0 Å². The van der Waals surface area contributed by atoms with Gasteiger partial charge in [-0.1, -0.05) is 0 Å². The molecule has 0 saturated heterocycles. The maximum atomic E-state index is 11.7. The fourth-order valence-electron chi connectivity index (χ4n) is 3.01. The zero-order valence-electron chi connectivity index (χ0n) is 16.9. The van der Waals surface area contributed by atoms with Gasteiger partial charge in [0.2, 0.25) is 0 Å². The van der Waals surface area contributed by atoms with Crippen molar-refractivity contribution in [2.75, 3.05) is 7.11 Å². The quantitative estimate of drug-likeness (QED) is 0.289. The van der Waals surface area contributed by atoms with Gasteiger partial charge >= 0.3 is 28.6 Å². The van der Waals surface area contributed by atoms with Crippen LogP contribution in [0.1, 0.15) is 33.1 Å². The minimum atomic E-state index is -0.476. The molecule has 29 heavy (non-hydrogen) atoms. The molecule has 7 heteroatoms. The van der Waals surface area contributed by atoms with Crippen molar-refractivity contribution < 1.29 is 49.5 Å². The van der Waals surface area contributed by atoms with E-state index in [-0.39, 0.29) is 56.3 Å². The van der Waals surface area contributed by atoms with Crippen LogP contribution in [0.3, 0.4) is 0 Å². The molecular weight excluding hydrogens is 544 g/mol. The average molecular weight is 570 g/mol. The smallest absolute Gasteiger partial charge is 0.313 e. The Morgan fingerprint density at radius 3 is 1.76 bits per heavy atom.